The van der Waals surface area contributed by atoms with Gasteiger partial charge in [-0.15, -0.1) is 0 Å². The molecule has 1 atom stereocenters. The van der Waals surface area contributed by atoms with Crippen LogP contribution in [0.15, 0.2) is 18.5 Å². The fourth-order valence-corrected chi connectivity index (χ4v) is 3.01. The van der Waals surface area contributed by atoms with Crippen molar-refractivity contribution >= 4 is 23.4 Å². The fourth-order valence-electron chi connectivity index (χ4n) is 3.01. The molecule has 1 saturated carbocycles. The Balaban J connectivity index is 1.71. The van der Waals surface area contributed by atoms with Crippen molar-refractivity contribution in [1.82, 2.24) is 15.6 Å². The zero-order valence-corrected chi connectivity index (χ0v) is 13.7. The first kappa shape index (κ1) is 18.2. The zero-order chi connectivity index (χ0) is 18.9. The third-order valence-corrected chi connectivity index (χ3v) is 4.32. The van der Waals surface area contributed by atoms with E-state index in [1.807, 2.05) is 0 Å². The highest BCUT2D eigenvalue weighted by atomic mass is 19.3. The van der Waals surface area contributed by atoms with Crippen LogP contribution in [0, 0.1) is 5.82 Å². The normalized spacial score (nSPS) is 21.7. The number of halogens is 3. The van der Waals surface area contributed by atoms with Gasteiger partial charge in [0, 0.05) is 31.4 Å². The average molecular weight is 370 g/mol. The molecule has 1 aliphatic carbocycles. The van der Waals surface area contributed by atoms with Crippen molar-refractivity contribution in [2.24, 2.45) is 0 Å². The Morgan fingerprint density at radius 3 is 2.65 bits per heavy atom. The minimum Gasteiger partial charge on any atom is -0.351 e. The minimum atomic E-state index is -2.78. The van der Waals surface area contributed by atoms with E-state index in [1.54, 1.807) is 0 Å². The summed E-state index contributed by atoms with van der Waals surface area (Å²) >= 11 is 0. The van der Waals surface area contributed by atoms with Gasteiger partial charge in [0.05, 0.1) is 18.1 Å². The van der Waals surface area contributed by atoms with Crippen LogP contribution in [0.2, 0.25) is 0 Å². The molecule has 7 nitrogen and oxygen atoms in total. The first-order valence-electron chi connectivity index (χ1n) is 8.12. The number of carbonyl (C=O) groups excluding carboxylic acids is 3. The topological polar surface area (TPSA) is 91.4 Å². The average Bonchev–Trinajstić information content (AvgIpc) is 2.97. The third-order valence-electron chi connectivity index (χ3n) is 4.32. The number of nitrogens with one attached hydrogen (secondary N) is 2. The van der Waals surface area contributed by atoms with Crippen molar-refractivity contribution < 1.29 is 27.6 Å². The Morgan fingerprint density at radius 2 is 2.08 bits per heavy atom. The van der Waals surface area contributed by atoms with E-state index in [0.29, 0.717) is 0 Å². The molecule has 1 aliphatic heterocycles. The Labute approximate surface area is 146 Å². The van der Waals surface area contributed by atoms with Crippen LogP contribution in [0.5, 0.6) is 0 Å². The standard InChI is InChI=1S/C16H17F3N4O3/c17-9-3-11(7-20-6-9)23(15(26)12-1-2-13(24)22-12)8-14(25)21-10-4-16(18,19)5-10/h3,6-7,10,12H,1-2,4-5,8H2,(H,21,25)(H,22,24)/t12-/m0/s1. The predicted molar refractivity (Wildman–Crippen MR) is 83.8 cm³/mol. The Hall–Kier alpha value is -2.65. The molecule has 26 heavy (non-hydrogen) atoms. The van der Waals surface area contributed by atoms with E-state index >= 15 is 0 Å². The molecule has 2 fully saturated rings. The molecule has 1 saturated heterocycles. The molecule has 0 bridgehead atoms. The highest BCUT2D eigenvalue weighted by Crippen LogP contribution is 2.37. The molecule has 3 amide bonds. The lowest BCUT2D eigenvalue weighted by atomic mass is 9.88. The summed E-state index contributed by atoms with van der Waals surface area (Å²) in [6, 6.07) is -0.454. The quantitative estimate of drug-likeness (QED) is 0.800. The van der Waals surface area contributed by atoms with Crippen LogP contribution in [0.1, 0.15) is 25.7 Å². The Morgan fingerprint density at radius 1 is 1.35 bits per heavy atom. The predicted octanol–water partition coefficient (Wildman–Crippen LogP) is 0.746. The van der Waals surface area contributed by atoms with Gasteiger partial charge in [0.15, 0.2) is 0 Å². The van der Waals surface area contributed by atoms with E-state index in [2.05, 4.69) is 15.6 Å². The molecule has 1 aromatic rings. The summed E-state index contributed by atoms with van der Waals surface area (Å²) in [5, 5.41) is 4.92. The maximum Gasteiger partial charge on any atom is 0.252 e. The summed E-state index contributed by atoms with van der Waals surface area (Å²) in [6.07, 6.45) is 1.69. The van der Waals surface area contributed by atoms with Crippen LogP contribution in [0.3, 0.4) is 0 Å². The number of nitrogens with zero attached hydrogens (tertiary/aromatic N) is 2. The van der Waals surface area contributed by atoms with E-state index in [9.17, 15) is 27.6 Å². The van der Waals surface area contributed by atoms with Crippen LogP contribution in [0.4, 0.5) is 18.9 Å². The van der Waals surface area contributed by atoms with Gasteiger partial charge in [-0.2, -0.15) is 0 Å². The summed E-state index contributed by atoms with van der Waals surface area (Å²) in [5.41, 5.74) is 0.0465. The largest absolute Gasteiger partial charge is 0.351 e. The number of alkyl halides is 2. The molecule has 2 N–H and O–H groups in total. The van der Waals surface area contributed by atoms with Crippen LogP contribution in [-0.4, -0.2) is 47.3 Å². The molecule has 2 aliphatic rings. The highest BCUT2D eigenvalue weighted by molar-refractivity contribution is 6.03. The lowest BCUT2D eigenvalue weighted by molar-refractivity contribution is -0.130. The number of amides is 3. The molecular weight excluding hydrogens is 353 g/mol. The molecule has 1 aromatic heterocycles. The first-order chi connectivity index (χ1) is 12.2. The number of aromatic nitrogens is 1. The molecule has 0 unspecified atom stereocenters. The van der Waals surface area contributed by atoms with Gasteiger partial charge < -0.3 is 10.6 Å². The monoisotopic (exact) mass is 370 g/mol. The molecule has 0 radical (unpaired) electrons. The van der Waals surface area contributed by atoms with Crippen molar-refractivity contribution in [1.29, 1.82) is 0 Å². The fraction of sp³-hybridized carbons (Fsp3) is 0.500. The Kier molecular flexibility index (Phi) is 4.84. The summed E-state index contributed by atoms with van der Waals surface area (Å²) in [6.45, 7) is -0.488. The number of pyridine rings is 1. The summed E-state index contributed by atoms with van der Waals surface area (Å²) < 4.78 is 39.2. The van der Waals surface area contributed by atoms with Crippen molar-refractivity contribution in [3.05, 3.63) is 24.3 Å². The smallest absolute Gasteiger partial charge is 0.252 e. The number of anilines is 1. The van der Waals surface area contributed by atoms with Gasteiger partial charge in [0.25, 0.3) is 5.92 Å². The van der Waals surface area contributed by atoms with Gasteiger partial charge in [0.1, 0.15) is 18.4 Å². The molecule has 2 heterocycles. The summed E-state index contributed by atoms with van der Waals surface area (Å²) in [5.74, 6) is -5.00. The minimum absolute atomic E-state index is 0.0465. The first-order valence-corrected chi connectivity index (χ1v) is 8.12. The second-order valence-electron chi connectivity index (χ2n) is 6.47. The maximum absolute atomic E-state index is 13.5. The van der Waals surface area contributed by atoms with Gasteiger partial charge >= 0.3 is 0 Å². The number of carbonyl (C=O) groups is 3. The van der Waals surface area contributed by atoms with Crippen LogP contribution in [-0.2, 0) is 14.4 Å². The number of hydrogen-bond donors (Lipinski definition) is 2. The zero-order valence-electron chi connectivity index (χ0n) is 13.7. The van der Waals surface area contributed by atoms with Gasteiger partial charge in [-0.05, 0) is 6.42 Å². The van der Waals surface area contributed by atoms with Gasteiger partial charge in [-0.25, -0.2) is 13.2 Å². The SMILES string of the molecule is O=C(CN(C(=O)[C@@H]1CCC(=O)N1)c1cncc(F)c1)NC1CC(F)(F)C1. The summed E-state index contributed by atoms with van der Waals surface area (Å²) in [7, 11) is 0. The van der Waals surface area contributed by atoms with Crippen LogP contribution < -0.4 is 15.5 Å². The third kappa shape index (κ3) is 4.12. The van der Waals surface area contributed by atoms with Gasteiger partial charge in [-0.1, -0.05) is 0 Å². The summed E-state index contributed by atoms with van der Waals surface area (Å²) in [4.78, 5) is 40.8. The molecule has 10 heteroatoms. The van der Waals surface area contributed by atoms with Gasteiger partial charge in [-0.3, -0.25) is 24.3 Å². The van der Waals surface area contributed by atoms with E-state index < -0.39 is 55.0 Å². The van der Waals surface area contributed by atoms with Crippen molar-refractivity contribution in [2.75, 3.05) is 11.4 Å². The lowest BCUT2D eigenvalue weighted by Gasteiger charge is -2.35. The van der Waals surface area contributed by atoms with E-state index in [0.717, 1.165) is 17.2 Å². The van der Waals surface area contributed by atoms with E-state index in [1.165, 1.54) is 6.20 Å². The molecule has 0 aromatic carbocycles. The second kappa shape index (κ2) is 6.93. The van der Waals surface area contributed by atoms with Gasteiger partial charge in [0.2, 0.25) is 17.7 Å². The lowest BCUT2D eigenvalue weighted by Crippen LogP contribution is -2.54. The van der Waals surface area contributed by atoms with Crippen molar-refractivity contribution in [3.8, 4) is 0 Å². The molecule has 0 spiro atoms. The van der Waals surface area contributed by atoms with Crippen molar-refractivity contribution in [2.45, 2.75) is 43.7 Å². The van der Waals surface area contributed by atoms with E-state index in [4.69, 9.17) is 0 Å². The van der Waals surface area contributed by atoms with Crippen LogP contribution >= 0.6 is 0 Å². The highest BCUT2D eigenvalue weighted by Gasteiger charge is 2.46. The Bertz CT molecular complexity index is 735. The maximum atomic E-state index is 13.5. The molecule has 140 valence electrons. The molecular formula is C16H17F3N4O3. The number of hydrogen-bond acceptors (Lipinski definition) is 4. The van der Waals surface area contributed by atoms with Crippen molar-refractivity contribution in [3.63, 3.8) is 0 Å². The number of rotatable bonds is 5. The second-order valence-corrected chi connectivity index (χ2v) is 6.47. The van der Waals surface area contributed by atoms with Crippen LogP contribution in [0.25, 0.3) is 0 Å². The van der Waals surface area contributed by atoms with E-state index in [-0.39, 0.29) is 24.4 Å². The molecule has 3 rings (SSSR count).